The maximum absolute atomic E-state index is 14.2. The number of aliphatic hydroxyl groups excluding tert-OH is 1. The van der Waals surface area contributed by atoms with Crippen LogP contribution < -0.4 is 0 Å². The first-order valence-electron chi connectivity index (χ1n) is 14.3. The largest absolute Gasteiger partial charge is 0.456 e. The van der Waals surface area contributed by atoms with E-state index in [1.54, 1.807) is 6.08 Å². The van der Waals surface area contributed by atoms with Gasteiger partial charge in [0.15, 0.2) is 5.79 Å². The summed E-state index contributed by atoms with van der Waals surface area (Å²) >= 11 is 0. The lowest BCUT2D eigenvalue weighted by Crippen LogP contribution is -2.63. The standard InChI is InChI=1S/C23H34F3NO4.C6H14/c1-4-11-27(12-5-6-13-28)14-16-18-8-7-15(2)17-9-10-21(3)30-20(22(17,18)31-21)29-19(16)23(24,25)26;1-3-5-6-4-2/h4,15,17-18,20,28H,1,5-14H2,2-3H3;3-6H2,1-2H3/t15?,17?,18?,20?,21-,22?;/m0./s1. The minimum atomic E-state index is -4.60. The van der Waals surface area contributed by atoms with Gasteiger partial charge in [-0.25, -0.2) is 0 Å². The maximum Gasteiger partial charge on any atom is 0.449 e. The van der Waals surface area contributed by atoms with Gasteiger partial charge in [0, 0.05) is 32.0 Å². The van der Waals surface area contributed by atoms with Crippen LogP contribution in [0.15, 0.2) is 24.0 Å². The fraction of sp³-hybridized carbons (Fsp3) is 0.862. The molecule has 0 radical (unpaired) electrons. The second-order valence-corrected chi connectivity index (χ2v) is 11.4. The number of halogens is 3. The van der Waals surface area contributed by atoms with Crippen LogP contribution >= 0.6 is 0 Å². The summed E-state index contributed by atoms with van der Waals surface area (Å²) in [6, 6.07) is 0. The molecule has 2 bridgehead atoms. The number of aliphatic hydroxyl groups is 1. The molecule has 4 rings (SSSR count). The van der Waals surface area contributed by atoms with Gasteiger partial charge in [-0.05, 0) is 63.0 Å². The van der Waals surface area contributed by atoms with Gasteiger partial charge in [-0.3, -0.25) is 4.90 Å². The zero-order valence-corrected chi connectivity index (χ0v) is 23.2. The van der Waals surface area contributed by atoms with Crippen molar-refractivity contribution in [1.82, 2.24) is 4.90 Å². The van der Waals surface area contributed by atoms with Gasteiger partial charge in [-0.2, -0.15) is 13.2 Å². The molecule has 2 saturated heterocycles. The van der Waals surface area contributed by atoms with Gasteiger partial charge in [0.2, 0.25) is 12.0 Å². The highest BCUT2D eigenvalue weighted by Gasteiger charge is 2.72. The third-order valence-electron chi connectivity index (χ3n) is 8.56. The van der Waals surface area contributed by atoms with E-state index in [1.165, 1.54) is 25.7 Å². The lowest BCUT2D eigenvalue weighted by molar-refractivity contribution is -0.249. The van der Waals surface area contributed by atoms with Crippen LogP contribution in [0.25, 0.3) is 0 Å². The van der Waals surface area contributed by atoms with Crippen molar-refractivity contribution in [3.05, 3.63) is 24.0 Å². The van der Waals surface area contributed by atoms with Crippen molar-refractivity contribution >= 4 is 0 Å². The molecule has 4 aliphatic rings. The van der Waals surface area contributed by atoms with Crippen molar-refractivity contribution in [3.63, 3.8) is 0 Å². The monoisotopic (exact) mass is 531 g/mol. The zero-order valence-electron chi connectivity index (χ0n) is 23.2. The van der Waals surface area contributed by atoms with Crippen LogP contribution in [-0.2, 0) is 14.2 Å². The molecular weight excluding hydrogens is 483 g/mol. The average Bonchev–Trinajstić information content (AvgIpc) is 3.06. The minimum Gasteiger partial charge on any atom is -0.456 e. The predicted molar refractivity (Wildman–Crippen MR) is 139 cm³/mol. The Morgan fingerprint density at radius 1 is 1.11 bits per heavy atom. The normalized spacial score (nSPS) is 34.5. The highest BCUT2D eigenvalue weighted by molar-refractivity contribution is 5.30. The minimum absolute atomic E-state index is 0.0677. The summed E-state index contributed by atoms with van der Waals surface area (Å²) in [5.74, 6) is -1.74. The van der Waals surface area contributed by atoms with Crippen molar-refractivity contribution < 1.29 is 32.5 Å². The van der Waals surface area contributed by atoms with E-state index in [4.69, 9.17) is 19.3 Å². The Morgan fingerprint density at radius 2 is 1.81 bits per heavy atom. The van der Waals surface area contributed by atoms with Gasteiger partial charge in [-0.15, -0.1) is 6.58 Å². The first-order valence-corrected chi connectivity index (χ1v) is 14.3. The Hall–Kier alpha value is -1.09. The quantitative estimate of drug-likeness (QED) is 0.231. The molecule has 37 heavy (non-hydrogen) atoms. The summed E-state index contributed by atoms with van der Waals surface area (Å²) < 4.78 is 60.7. The third-order valence-corrected chi connectivity index (χ3v) is 8.56. The molecule has 5 unspecified atom stereocenters. The fourth-order valence-electron chi connectivity index (χ4n) is 6.79. The fourth-order valence-corrected chi connectivity index (χ4v) is 6.79. The first kappa shape index (κ1) is 30.5. The number of ether oxygens (including phenoxy) is 3. The van der Waals surface area contributed by atoms with Crippen molar-refractivity contribution in [1.29, 1.82) is 0 Å². The van der Waals surface area contributed by atoms with E-state index in [-0.39, 0.29) is 24.6 Å². The molecule has 3 heterocycles. The van der Waals surface area contributed by atoms with Crippen LogP contribution in [0.1, 0.15) is 91.9 Å². The SMILES string of the molecule is C=CCN(CCCCO)CC1=C(C(F)(F)F)OC2O[C@]3(C)CCC4C(C)CCC1C24O3.CCCCCC. The second-order valence-electron chi connectivity index (χ2n) is 11.4. The molecule has 214 valence electrons. The number of rotatable bonds is 11. The molecular formula is C29H48F3NO4. The summed E-state index contributed by atoms with van der Waals surface area (Å²) in [4.78, 5) is 1.95. The molecule has 8 heteroatoms. The van der Waals surface area contributed by atoms with E-state index in [1.807, 2.05) is 11.8 Å². The smallest absolute Gasteiger partial charge is 0.449 e. The molecule has 1 spiro atoms. The van der Waals surface area contributed by atoms with Gasteiger partial charge in [0.1, 0.15) is 5.60 Å². The molecule has 3 fully saturated rings. The topological polar surface area (TPSA) is 51.2 Å². The van der Waals surface area contributed by atoms with Gasteiger partial charge in [0.25, 0.3) is 0 Å². The predicted octanol–water partition coefficient (Wildman–Crippen LogP) is 6.96. The summed E-state index contributed by atoms with van der Waals surface area (Å²) in [7, 11) is 0. The van der Waals surface area contributed by atoms with Crippen molar-refractivity contribution in [2.45, 2.75) is 116 Å². The Kier molecular flexibility index (Phi) is 10.6. The molecule has 0 amide bonds. The Balaban J connectivity index is 0.000000568. The zero-order chi connectivity index (χ0) is 27.3. The van der Waals surface area contributed by atoms with E-state index in [2.05, 4.69) is 27.4 Å². The summed E-state index contributed by atoms with van der Waals surface area (Å²) in [6.45, 7) is 13.5. The lowest BCUT2D eigenvalue weighted by Gasteiger charge is -2.56. The van der Waals surface area contributed by atoms with E-state index in [9.17, 15) is 13.2 Å². The molecule has 0 aromatic heterocycles. The van der Waals surface area contributed by atoms with Crippen LogP contribution in [0.3, 0.4) is 0 Å². The van der Waals surface area contributed by atoms with Crippen molar-refractivity contribution in [2.75, 3.05) is 26.2 Å². The van der Waals surface area contributed by atoms with Gasteiger partial charge in [-0.1, -0.05) is 52.5 Å². The number of alkyl halides is 3. The lowest BCUT2D eigenvalue weighted by atomic mass is 9.58. The highest BCUT2D eigenvalue weighted by atomic mass is 19.4. The van der Waals surface area contributed by atoms with Crippen molar-refractivity contribution in [2.24, 2.45) is 17.8 Å². The Labute approximate surface area is 221 Å². The Morgan fingerprint density at radius 3 is 2.41 bits per heavy atom. The molecule has 1 aliphatic carbocycles. The molecule has 0 aromatic carbocycles. The molecule has 1 N–H and O–H groups in total. The summed E-state index contributed by atoms with van der Waals surface area (Å²) in [5, 5.41) is 9.10. The maximum atomic E-state index is 14.2. The van der Waals surface area contributed by atoms with Crippen LogP contribution in [0.5, 0.6) is 0 Å². The Bertz CT molecular complexity index is 784. The number of hydrogen-bond acceptors (Lipinski definition) is 5. The van der Waals surface area contributed by atoms with Gasteiger partial charge in [0.05, 0.1) is 0 Å². The summed E-state index contributed by atoms with van der Waals surface area (Å²) in [6.07, 6.45) is 5.96. The number of unbranched alkanes of at least 4 members (excludes halogenated alkanes) is 4. The molecule has 1 saturated carbocycles. The number of fused-ring (bicyclic) bond motifs is 1. The van der Waals surface area contributed by atoms with E-state index in [0.29, 0.717) is 44.7 Å². The van der Waals surface area contributed by atoms with E-state index >= 15 is 0 Å². The summed E-state index contributed by atoms with van der Waals surface area (Å²) in [5.41, 5.74) is -0.582. The number of allylic oxidation sites excluding steroid dienone is 1. The average molecular weight is 532 g/mol. The van der Waals surface area contributed by atoms with E-state index in [0.717, 1.165) is 12.8 Å². The number of nitrogens with zero attached hydrogens (tertiary/aromatic N) is 1. The second kappa shape index (κ2) is 12.8. The van der Waals surface area contributed by atoms with E-state index < -0.39 is 35.5 Å². The molecule has 0 aromatic rings. The van der Waals surface area contributed by atoms with Crippen LogP contribution in [0.4, 0.5) is 13.2 Å². The van der Waals surface area contributed by atoms with Crippen LogP contribution in [0.2, 0.25) is 0 Å². The van der Waals surface area contributed by atoms with Gasteiger partial charge >= 0.3 is 6.18 Å². The molecule has 5 nitrogen and oxygen atoms in total. The third kappa shape index (κ3) is 6.56. The van der Waals surface area contributed by atoms with Gasteiger partial charge < -0.3 is 19.3 Å². The number of hydrogen-bond donors (Lipinski definition) is 1. The molecule has 6 atom stereocenters. The first-order chi connectivity index (χ1) is 17.6. The van der Waals surface area contributed by atoms with Crippen LogP contribution in [-0.4, -0.2) is 60.1 Å². The highest BCUT2D eigenvalue weighted by Crippen LogP contribution is 2.64. The van der Waals surface area contributed by atoms with Crippen LogP contribution in [0, 0.1) is 17.8 Å². The van der Waals surface area contributed by atoms with Crippen molar-refractivity contribution in [3.8, 4) is 0 Å². The molecule has 3 aliphatic heterocycles.